The maximum Gasteiger partial charge on any atom is 0.339 e. The minimum absolute atomic E-state index is 0.0548. The molecule has 0 amide bonds. The molecule has 1 aliphatic heterocycles. The molecule has 0 fully saturated rings. The highest BCUT2D eigenvalue weighted by molar-refractivity contribution is 6.14. The highest BCUT2D eigenvalue weighted by Gasteiger charge is 2.28. The third-order valence-electron chi connectivity index (χ3n) is 2.99. The van der Waals surface area contributed by atoms with E-state index < -0.39 is 0 Å². The second kappa shape index (κ2) is 4.68. The molecule has 2 heterocycles. The molecule has 1 aromatic heterocycles. The van der Waals surface area contributed by atoms with Gasteiger partial charge in [-0.2, -0.15) is 10.2 Å². The topological polar surface area (TPSA) is 63.9 Å². The number of ether oxygens (including phenoxy) is 1. The summed E-state index contributed by atoms with van der Waals surface area (Å²) in [4.78, 5) is 15.9. The molecule has 0 bridgehead atoms. The molecule has 94 valence electrons. The monoisotopic (exact) mass is 245 g/mol. The molecule has 5 nitrogen and oxygen atoms in total. The summed E-state index contributed by atoms with van der Waals surface area (Å²) in [6, 6.07) is 1.89. The Bertz CT molecular complexity index is 543. The van der Waals surface area contributed by atoms with Crippen molar-refractivity contribution in [2.75, 3.05) is 7.11 Å². The fourth-order valence-electron chi connectivity index (χ4n) is 2.13. The molecule has 5 heteroatoms. The lowest BCUT2D eigenvalue weighted by Crippen LogP contribution is -2.18. The lowest BCUT2D eigenvalue weighted by atomic mass is 9.88. The van der Waals surface area contributed by atoms with Crippen LogP contribution in [-0.2, 0) is 4.74 Å². The average Bonchev–Trinajstić information content (AvgIpc) is 2.68. The number of methoxy groups -OCH3 is 1. The van der Waals surface area contributed by atoms with Crippen molar-refractivity contribution in [3.63, 3.8) is 0 Å². The molecule has 0 spiro atoms. The molecule has 0 unspecified atom stereocenters. The van der Waals surface area contributed by atoms with E-state index in [1.165, 1.54) is 7.11 Å². The van der Waals surface area contributed by atoms with E-state index in [0.717, 1.165) is 22.7 Å². The van der Waals surface area contributed by atoms with Crippen molar-refractivity contribution in [1.29, 1.82) is 0 Å². The highest BCUT2D eigenvalue weighted by Crippen LogP contribution is 2.27. The van der Waals surface area contributed by atoms with Crippen LogP contribution >= 0.6 is 0 Å². The number of carbonyl (C=O) groups excluding carboxylic acids is 1. The molecule has 0 aromatic carbocycles. The van der Waals surface area contributed by atoms with Gasteiger partial charge in [-0.25, -0.2) is 4.79 Å². The van der Waals surface area contributed by atoms with Gasteiger partial charge in [-0.1, -0.05) is 0 Å². The summed E-state index contributed by atoms with van der Waals surface area (Å²) in [5.41, 5.74) is 3.94. The van der Waals surface area contributed by atoms with Gasteiger partial charge in [0, 0.05) is 11.9 Å². The smallest absolute Gasteiger partial charge is 0.339 e. The van der Waals surface area contributed by atoms with Crippen LogP contribution < -0.4 is 0 Å². The molecule has 0 saturated heterocycles. The van der Waals surface area contributed by atoms with Gasteiger partial charge in [0.1, 0.15) is 0 Å². The molecule has 2 rings (SSSR count). The molecule has 0 radical (unpaired) electrons. The Balaban J connectivity index is 2.55. The van der Waals surface area contributed by atoms with Gasteiger partial charge in [-0.05, 0) is 32.4 Å². The summed E-state index contributed by atoms with van der Waals surface area (Å²) in [7, 11) is 1.36. The first kappa shape index (κ1) is 12.4. The van der Waals surface area contributed by atoms with Crippen molar-refractivity contribution in [3.8, 4) is 0 Å². The molecule has 1 aromatic rings. The molecular formula is C13H15N3O2. The van der Waals surface area contributed by atoms with Crippen LogP contribution in [0.5, 0.6) is 0 Å². The molecule has 0 saturated carbocycles. The minimum Gasteiger partial charge on any atom is -0.465 e. The van der Waals surface area contributed by atoms with Crippen molar-refractivity contribution < 1.29 is 9.53 Å². The van der Waals surface area contributed by atoms with Gasteiger partial charge >= 0.3 is 5.97 Å². The summed E-state index contributed by atoms with van der Waals surface area (Å²) in [5, 5.41) is 8.13. The number of pyridine rings is 1. The van der Waals surface area contributed by atoms with Gasteiger partial charge in [-0.3, -0.25) is 4.98 Å². The largest absolute Gasteiger partial charge is 0.465 e. The minimum atomic E-state index is -0.384. The summed E-state index contributed by atoms with van der Waals surface area (Å²) in [6.07, 6.45) is 1.55. The zero-order chi connectivity index (χ0) is 13.3. The van der Waals surface area contributed by atoms with Crippen molar-refractivity contribution in [2.24, 2.45) is 10.2 Å². The Labute approximate surface area is 106 Å². The van der Waals surface area contributed by atoms with E-state index in [1.54, 1.807) is 6.20 Å². The maximum absolute atomic E-state index is 11.8. The maximum atomic E-state index is 11.8. The van der Waals surface area contributed by atoms with Crippen LogP contribution in [0.3, 0.4) is 0 Å². The average molecular weight is 245 g/mol. The third kappa shape index (κ3) is 2.03. The first-order chi connectivity index (χ1) is 8.54. The van der Waals surface area contributed by atoms with E-state index in [4.69, 9.17) is 4.74 Å². The van der Waals surface area contributed by atoms with Gasteiger partial charge in [0.05, 0.1) is 30.0 Å². The Kier molecular flexibility index (Phi) is 3.23. The molecule has 0 N–H and O–H groups in total. The van der Waals surface area contributed by atoms with Crippen molar-refractivity contribution in [3.05, 3.63) is 29.1 Å². The van der Waals surface area contributed by atoms with Gasteiger partial charge in [0.2, 0.25) is 0 Å². The zero-order valence-corrected chi connectivity index (χ0v) is 10.9. The summed E-state index contributed by atoms with van der Waals surface area (Å²) < 4.78 is 4.79. The zero-order valence-electron chi connectivity index (χ0n) is 10.9. The van der Waals surface area contributed by atoms with E-state index in [1.807, 2.05) is 26.8 Å². The van der Waals surface area contributed by atoms with Crippen LogP contribution in [0.1, 0.15) is 41.4 Å². The normalized spacial score (nSPS) is 15.3. The number of rotatable bonds is 2. The number of carbonyl (C=O) groups is 1. The van der Waals surface area contributed by atoms with Crippen molar-refractivity contribution in [1.82, 2.24) is 4.98 Å². The fourth-order valence-corrected chi connectivity index (χ4v) is 2.13. The first-order valence-corrected chi connectivity index (χ1v) is 5.68. The van der Waals surface area contributed by atoms with Crippen LogP contribution in [-0.4, -0.2) is 29.5 Å². The fraction of sp³-hybridized carbons (Fsp3) is 0.385. The van der Waals surface area contributed by atoms with Gasteiger partial charge in [0.25, 0.3) is 0 Å². The van der Waals surface area contributed by atoms with Crippen LogP contribution in [0.25, 0.3) is 0 Å². The van der Waals surface area contributed by atoms with Crippen LogP contribution in [0, 0.1) is 6.92 Å². The van der Waals surface area contributed by atoms with E-state index in [-0.39, 0.29) is 11.9 Å². The first-order valence-electron chi connectivity index (χ1n) is 5.68. The number of hydrogen-bond donors (Lipinski definition) is 0. The molecule has 18 heavy (non-hydrogen) atoms. The van der Waals surface area contributed by atoms with E-state index in [9.17, 15) is 4.79 Å². The van der Waals surface area contributed by atoms with Gasteiger partial charge in [-0.15, -0.1) is 0 Å². The van der Waals surface area contributed by atoms with Crippen LogP contribution in [0.2, 0.25) is 0 Å². The predicted octanol–water partition coefficient (Wildman–Crippen LogP) is 2.11. The van der Waals surface area contributed by atoms with Gasteiger partial charge < -0.3 is 4.74 Å². The second-order valence-electron chi connectivity index (χ2n) is 4.32. The molecular weight excluding hydrogens is 230 g/mol. The summed E-state index contributed by atoms with van der Waals surface area (Å²) in [6.45, 7) is 5.70. The van der Waals surface area contributed by atoms with Crippen molar-refractivity contribution >= 4 is 17.4 Å². The van der Waals surface area contributed by atoms with Crippen molar-refractivity contribution in [2.45, 2.75) is 26.7 Å². The predicted molar refractivity (Wildman–Crippen MR) is 69.3 cm³/mol. The van der Waals surface area contributed by atoms with Crippen LogP contribution in [0.15, 0.2) is 22.5 Å². The molecule has 0 atom stereocenters. The standard InChI is InChI=1S/C13H15N3O2/c1-7-5-10(11(6-14-7)13(17)18-4)12-8(2)15-16-9(12)3/h5-6,12H,1-4H3. The highest BCUT2D eigenvalue weighted by atomic mass is 16.5. The quantitative estimate of drug-likeness (QED) is 0.749. The Hall–Kier alpha value is -2.04. The van der Waals surface area contributed by atoms with Crippen LogP contribution in [0.4, 0.5) is 0 Å². The third-order valence-corrected chi connectivity index (χ3v) is 2.99. The number of aromatic nitrogens is 1. The second-order valence-corrected chi connectivity index (χ2v) is 4.32. The van der Waals surface area contributed by atoms with E-state index >= 15 is 0 Å². The lowest BCUT2D eigenvalue weighted by molar-refractivity contribution is 0.0599. The number of nitrogens with zero attached hydrogens (tertiary/aromatic N) is 3. The van der Waals surface area contributed by atoms with E-state index in [2.05, 4.69) is 15.2 Å². The number of hydrogen-bond acceptors (Lipinski definition) is 5. The Morgan fingerprint density at radius 2 is 1.83 bits per heavy atom. The van der Waals surface area contributed by atoms with Gasteiger partial charge in [0.15, 0.2) is 0 Å². The Morgan fingerprint density at radius 3 is 2.39 bits per heavy atom. The number of aryl methyl sites for hydroxylation is 1. The number of esters is 1. The molecule has 0 aliphatic carbocycles. The summed E-state index contributed by atoms with van der Waals surface area (Å²) in [5.74, 6) is -0.439. The van der Waals surface area contributed by atoms with E-state index in [0.29, 0.717) is 5.56 Å². The summed E-state index contributed by atoms with van der Waals surface area (Å²) >= 11 is 0. The Morgan fingerprint density at radius 1 is 1.22 bits per heavy atom. The SMILES string of the molecule is COC(=O)c1cnc(C)cc1C1C(C)=NN=C1C. The molecule has 1 aliphatic rings. The lowest BCUT2D eigenvalue weighted by Gasteiger charge is -2.15.